The highest BCUT2D eigenvalue weighted by Gasteiger charge is 2.22. The van der Waals surface area contributed by atoms with Gasteiger partial charge in [-0.3, -0.25) is 0 Å². The molecule has 0 amide bonds. The molecule has 1 rings (SSSR count). The first-order chi connectivity index (χ1) is 7.23. The van der Waals surface area contributed by atoms with Crippen LogP contribution < -0.4 is 5.73 Å². The van der Waals surface area contributed by atoms with E-state index in [0.29, 0.717) is 5.56 Å². The van der Waals surface area contributed by atoms with Gasteiger partial charge in [0.2, 0.25) is 0 Å². The molecule has 0 saturated heterocycles. The number of benzene rings is 1. The normalized spacial score (nSPS) is 13.6. The van der Waals surface area contributed by atoms with Crippen molar-refractivity contribution in [2.24, 2.45) is 5.73 Å². The highest BCUT2D eigenvalue weighted by Crippen LogP contribution is 2.28. The molecule has 0 saturated carbocycles. The number of nitrogens with two attached hydrogens (primary N) is 1. The Kier molecular flexibility index (Phi) is 3.38. The van der Waals surface area contributed by atoms with Gasteiger partial charge in [-0.15, -0.1) is 0 Å². The van der Waals surface area contributed by atoms with Crippen molar-refractivity contribution >= 4 is 5.97 Å². The Morgan fingerprint density at radius 3 is 2.31 bits per heavy atom. The molecule has 16 heavy (non-hydrogen) atoms. The molecule has 1 atom stereocenters. The first-order valence-electron chi connectivity index (χ1n) is 5.37. The minimum absolute atomic E-state index is 0.0797. The quantitative estimate of drug-likeness (QED) is 0.807. The van der Waals surface area contributed by atoms with Gasteiger partial charge in [-0.1, -0.05) is 32.9 Å². The van der Waals surface area contributed by atoms with Crippen molar-refractivity contribution in [1.29, 1.82) is 0 Å². The fourth-order valence-corrected chi connectivity index (χ4v) is 1.65. The van der Waals surface area contributed by atoms with Gasteiger partial charge in [0.25, 0.3) is 0 Å². The third-order valence-corrected chi connectivity index (χ3v) is 2.61. The van der Waals surface area contributed by atoms with Crippen LogP contribution in [-0.4, -0.2) is 11.1 Å². The Morgan fingerprint density at radius 2 is 1.94 bits per heavy atom. The zero-order chi connectivity index (χ0) is 12.5. The van der Waals surface area contributed by atoms with Gasteiger partial charge >= 0.3 is 5.97 Å². The van der Waals surface area contributed by atoms with E-state index in [4.69, 9.17) is 10.8 Å². The first kappa shape index (κ1) is 12.7. The van der Waals surface area contributed by atoms with Crippen LogP contribution in [0.4, 0.5) is 0 Å². The van der Waals surface area contributed by atoms with Gasteiger partial charge in [-0.25, -0.2) is 4.79 Å². The smallest absolute Gasteiger partial charge is 0.335 e. The van der Waals surface area contributed by atoms with Crippen molar-refractivity contribution in [2.45, 2.75) is 39.2 Å². The lowest BCUT2D eigenvalue weighted by atomic mass is 9.82. The molecule has 3 heteroatoms. The summed E-state index contributed by atoms with van der Waals surface area (Å²) >= 11 is 0. The molecule has 1 aromatic rings. The summed E-state index contributed by atoms with van der Waals surface area (Å²) in [7, 11) is 0. The van der Waals surface area contributed by atoms with Crippen LogP contribution >= 0.6 is 0 Å². The van der Waals surface area contributed by atoms with E-state index < -0.39 is 5.97 Å². The van der Waals surface area contributed by atoms with Gasteiger partial charge in [-0.2, -0.15) is 0 Å². The van der Waals surface area contributed by atoms with E-state index in [1.165, 1.54) is 0 Å². The molecular weight excluding hydrogens is 202 g/mol. The van der Waals surface area contributed by atoms with Crippen molar-refractivity contribution < 1.29 is 9.90 Å². The third kappa shape index (κ3) is 2.61. The molecule has 0 unspecified atom stereocenters. The van der Waals surface area contributed by atoms with E-state index in [1.54, 1.807) is 12.1 Å². The van der Waals surface area contributed by atoms with Crippen molar-refractivity contribution in [2.75, 3.05) is 0 Å². The SMILES string of the molecule is C[C@@H](N)c1ccc(C(=O)O)c(C(C)(C)C)c1. The largest absolute Gasteiger partial charge is 0.478 e. The van der Waals surface area contributed by atoms with Crippen molar-refractivity contribution in [1.82, 2.24) is 0 Å². The second-order valence-electron chi connectivity index (χ2n) is 5.15. The Balaban J connectivity index is 3.39. The minimum Gasteiger partial charge on any atom is -0.478 e. The molecule has 3 N–H and O–H groups in total. The standard InChI is InChI=1S/C13H19NO2/c1-8(14)9-5-6-10(12(15)16)11(7-9)13(2,3)4/h5-8H,14H2,1-4H3,(H,15,16)/t8-/m1/s1. The van der Waals surface area contributed by atoms with Gasteiger partial charge in [-0.05, 0) is 29.5 Å². The maximum absolute atomic E-state index is 11.1. The molecule has 3 nitrogen and oxygen atoms in total. The van der Waals surface area contributed by atoms with E-state index in [2.05, 4.69) is 0 Å². The zero-order valence-electron chi connectivity index (χ0n) is 10.2. The summed E-state index contributed by atoms with van der Waals surface area (Å²) in [6.45, 7) is 7.89. The monoisotopic (exact) mass is 221 g/mol. The summed E-state index contributed by atoms with van der Waals surface area (Å²) in [6, 6.07) is 5.24. The van der Waals surface area contributed by atoms with Gasteiger partial charge in [0.05, 0.1) is 5.56 Å². The highest BCUT2D eigenvalue weighted by atomic mass is 16.4. The third-order valence-electron chi connectivity index (χ3n) is 2.61. The van der Waals surface area contributed by atoms with Crippen LogP contribution in [-0.2, 0) is 5.41 Å². The number of hydrogen-bond donors (Lipinski definition) is 2. The lowest BCUT2D eigenvalue weighted by molar-refractivity contribution is 0.0694. The second kappa shape index (κ2) is 4.26. The van der Waals surface area contributed by atoms with E-state index in [9.17, 15) is 4.79 Å². The summed E-state index contributed by atoms with van der Waals surface area (Å²) in [6.07, 6.45) is 0. The number of carboxylic acid groups (broad SMARTS) is 1. The van der Waals surface area contributed by atoms with E-state index >= 15 is 0 Å². The van der Waals surface area contributed by atoms with Gasteiger partial charge in [0.1, 0.15) is 0 Å². The van der Waals surface area contributed by atoms with Crippen LogP contribution in [0.5, 0.6) is 0 Å². The molecule has 0 heterocycles. The summed E-state index contributed by atoms with van der Waals surface area (Å²) in [5.74, 6) is -0.888. The van der Waals surface area contributed by atoms with Crippen molar-refractivity contribution in [3.8, 4) is 0 Å². The zero-order valence-corrected chi connectivity index (χ0v) is 10.2. The summed E-state index contributed by atoms with van der Waals surface area (Å²) in [4.78, 5) is 11.1. The molecule has 0 spiro atoms. The number of rotatable bonds is 2. The number of carboxylic acids is 1. The molecule has 0 bridgehead atoms. The summed E-state index contributed by atoms with van der Waals surface area (Å²) < 4.78 is 0. The Hall–Kier alpha value is -1.35. The summed E-state index contributed by atoms with van der Waals surface area (Å²) in [5.41, 5.74) is 7.76. The maximum Gasteiger partial charge on any atom is 0.335 e. The van der Waals surface area contributed by atoms with E-state index in [-0.39, 0.29) is 11.5 Å². The van der Waals surface area contributed by atoms with Crippen molar-refractivity contribution in [3.63, 3.8) is 0 Å². The molecule has 0 radical (unpaired) electrons. The summed E-state index contributed by atoms with van der Waals surface area (Å²) in [5, 5.41) is 9.13. The van der Waals surface area contributed by atoms with E-state index in [0.717, 1.165) is 11.1 Å². The first-order valence-corrected chi connectivity index (χ1v) is 5.37. The average Bonchev–Trinajstić information content (AvgIpc) is 2.15. The van der Waals surface area contributed by atoms with Crippen molar-refractivity contribution in [3.05, 3.63) is 34.9 Å². The average molecular weight is 221 g/mol. The fraction of sp³-hybridized carbons (Fsp3) is 0.462. The number of aromatic carboxylic acids is 1. The molecule has 0 aromatic heterocycles. The van der Waals surface area contributed by atoms with Crippen LogP contribution in [0.1, 0.15) is 55.2 Å². The number of hydrogen-bond acceptors (Lipinski definition) is 2. The maximum atomic E-state index is 11.1. The van der Waals surface area contributed by atoms with E-state index in [1.807, 2.05) is 33.8 Å². The predicted molar refractivity (Wildman–Crippen MR) is 64.7 cm³/mol. The molecule has 1 aromatic carbocycles. The fourth-order valence-electron chi connectivity index (χ4n) is 1.65. The lowest BCUT2D eigenvalue weighted by Gasteiger charge is -2.23. The topological polar surface area (TPSA) is 63.3 Å². The lowest BCUT2D eigenvalue weighted by Crippen LogP contribution is -2.18. The van der Waals surface area contributed by atoms with Crippen LogP contribution in [0.25, 0.3) is 0 Å². The predicted octanol–water partition coefficient (Wildman–Crippen LogP) is 2.70. The van der Waals surface area contributed by atoms with Crippen LogP contribution in [0.3, 0.4) is 0 Å². The van der Waals surface area contributed by atoms with Crippen LogP contribution in [0, 0.1) is 0 Å². The molecule has 0 fully saturated rings. The van der Waals surface area contributed by atoms with Crippen LogP contribution in [0.2, 0.25) is 0 Å². The minimum atomic E-state index is -0.888. The van der Waals surface area contributed by atoms with Gasteiger partial charge < -0.3 is 10.8 Å². The molecule has 0 aliphatic rings. The number of carbonyl (C=O) groups is 1. The van der Waals surface area contributed by atoms with Gasteiger partial charge in [0.15, 0.2) is 0 Å². The van der Waals surface area contributed by atoms with Crippen LogP contribution in [0.15, 0.2) is 18.2 Å². The Labute approximate surface area is 96.3 Å². The molecule has 88 valence electrons. The Morgan fingerprint density at radius 1 is 1.38 bits per heavy atom. The molecule has 0 aliphatic heterocycles. The molecular formula is C13H19NO2. The second-order valence-corrected chi connectivity index (χ2v) is 5.15. The highest BCUT2D eigenvalue weighted by molar-refractivity contribution is 5.90. The Bertz CT molecular complexity index is 403. The molecule has 0 aliphatic carbocycles. The van der Waals surface area contributed by atoms with Gasteiger partial charge in [0, 0.05) is 6.04 Å².